The number of imidazole rings is 1. The van der Waals surface area contributed by atoms with Gasteiger partial charge in [-0.1, -0.05) is 39.0 Å². The molecule has 1 aliphatic carbocycles. The average Bonchev–Trinajstić information content (AvgIpc) is 3.36. The van der Waals surface area contributed by atoms with E-state index in [-0.39, 0.29) is 11.9 Å². The first-order valence-corrected chi connectivity index (χ1v) is 12.7. The van der Waals surface area contributed by atoms with Gasteiger partial charge in [-0.05, 0) is 62.6 Å². The number of nitrogens with zero attached hydrogens (tertiary/aromatic N) is 4. The Hall–Kier alpha value is -2.21. The predicted octanol–water partition coefficient (Wildman–Crippen LogP) is 4.85. The number of piperidine rings is 1. The standard InChI is InChI=1S/C26H39N5O/c1-2-3-4-8-21-9-7-15-30(18-21)19-23-10-5-6-11-24(23)29-26(32)22-12-13-25(28-17-22)31-16-14-27-20-31/h12-14,16-17,20-21,23-24H,2-11,15,18-19H2,1H3,(H,29,32). The smallest absolute Gasteiger partial charge is 0.253 e. The van der Waals surface area contributed by atoms with Gasteiger partial charge in [0.1, 0.15) is 12.1 Å². The number of likely N-dealkylation sites (tertiary alicyclic amines) is 1. The third-order valence-corrected chi connectivity index (χ3v) is 7.32. The van der Waals surface area contributed by atoms with E-state index in [9.17, 15) is 4.79 Å². The van der Waals surface area contributed by atoms with Gasteiger partial charge in [0.25, 0.3) is 5.91 Å². The van der Waals surface area contributed by atoms with Crippen molar-refractivity contribution in [1.82, 2.24) is 24.8 Å². The molecule has 3 heterocycles. The van der Waals surface area contributed by atoms with Gasteiger partial charge >= 0.3 is 0 Å². The van der Waals surface area contributed by atoms with Crippen LogP contribution in [0.3, 0.4) is 0 Å². The Labute approximate surface area is 192 Å². The van der Waals surface area contributed by atoms with Crippen LogP contribution in [0.4, 0.5) is 0 Å². The Morgan fingerprint density at radius 3 is 2.84 bits per heavy atom. The normalized spacial score (nSPS) is 24.3. The summed E-state index contributed by atoms with van der Waals surface area (Å²) in [7, 11) is 0. The highest BCUT2D eigenvalue weighted by Crippen LogP contribution is 2.28. The second kappa shape index (κ2) is 11.6. The van der Waals surface area contributed by atoms with Crippen LogP contribution in [0.2, 0.25) is 0 Å². The van der Waals surface area contributed by atoms with E-state index >= 15 is 0 Å². The molecule has 6 heteroatoms. The van der Waals surface area contributed by atoms with Crippen LogP contribution in [0.15, 0.2) is 37.1 Å². The minimum Gasteiger partial charge on any atom is -0.349 e. The first-order chi connectivity index (χ1) is 15.7. The average molecular weight is 438 g/mol. The fraction of sp³-hybridized carbons (Fsp3) is 0.654. The lowest BCUT2D eigenvalue weighted by Crippen LogP contribution is -2.48. The van der Waals surface area contributed by atoms with E-state index in [1.807, 2.05) is 22.9 Å². The van der Waals surface area contributed by atoms with E-state index in [1.54, 1.807) is 18.7 Å². The highest BCUT2D eigenvalue weighted by Gasteiger charge is 2.30. The molecule has 2 fully saturated rings. The van der Waals surface area contributed by atoms with Crippen LogP contribution in [0.5, 0.6) is 0 Å². The van der Waals surface area contributed by atoms with E-state index in [4.69, 9.17) is 0 Å². The Morgan fingerprint density at radius 1 is 1.16 bits per heavy atom. The molecular formula is C26H39N5O. The third kappa shape index (κ3) is 6.18. The number of aromatic nitrogens is 3. The number of amides is 1. The Balaban J connectivity index is 1.31. The summed E-state index contributed by atoms with van der Waals surface area (Å²) in [5.41, 5.74) is 0.632. The molecule has 0 spiro atoms. The lowest BCUT2D eigenvalue weighted by Gasteiger charge is -2.39. The van der Waals surface area contributed by atoms with Crippen LogP contribution in [-0.4, -0.2) is 51.0 Å². The van der Waals surface area contributed by atoms with E-state index < -0.39 is 0 Å². The van der Waals surface area contributed by atoms with E-state index in [2.05, 4.69) is 27.1 Å². The molecule has 3 unspecified atom stereocenters. The number of carbonyl (C=O) groups excluding carboxylic acids is 1. The molecule has 0 aromatic carbocycles. The van der Waals surface area contributed by atoms with Gasteiger partial charge in [0, 0.05) is 37.7 Å². The van der Waals surface area contributed by atoms with Gasteiger partial charge in [0.05, 0.1) is 5.56 Å². The third-order valence-electron chi connectivity index (χ3n) is 7.32. The first-order valence-electron chi connectivity index (χ1n) is 12.7. The summed E-state index contributed by atoms with van der Waals surface area (Å²) >= 11 is 0. The van der Waals surface area contributed by atoms with Crippen molar-refractivity contribution < 1.29 is 4.79 Å². The predicted molar refractivity (Wildman–Crippen MR) is 128 cm³/mol. The summed E-state index contributed by atoms with van der Waals surface area (Å²) in [5, 5.41) is 3.36. The molecule has 4 rings (SSSR count). The highest BCUT2D eigenvalue weighted by molar-refractivity contribution is 5.94. The summed E-state index contributed by atoms with van der Waals surface area (Å²) in [6.45, 7) is 5.89. The van der Waals surface area contributed by atoms with Crippen molar-refractivity contribution in [2.45, 2.75) is 77.2 Å². The van der Waals surface area contributed by atoms with Crippen LogP contribution in [0.25, 0.3) is 5.82 Å². The van der Waals surface area contributed by atoms with Crippen molar-refractivity contribution in [3.63, 3.8) is 0 Å². The van der Waals surface area contributed by atoms with Gasteiger partial charge < -0.3 is 10.2 Å². The molecule has 1 aliphatic heterocycles. The minimum atomic E-state index is 0.00247. The maximum atomic E-state index is 13.0. The molecule has 32 heavy (non-hydrogen) atoms. The van der Waals surface area contributed by atoms with Crippen LogP contribution >= 0.6 is 0 Å². The van der Waals surface area contributed by atoms with Gasteiger partial charge in [-0.3, -0.25) is 9.36 Å². The summed E-state index contributed by atoms with van der Waals surface area (Å²) in [6.07, 6.45) is 19.9. The van der Waals surface area contributed by atoms with Gasteiger partial charge in [-0.2, -0.15) is 0 Å². The van der Waals surface area contributed by atoms with Crippen molar-refractivity contribution in [2.75, 3.05) is 19.6 Å². The fourth-order valence-electron chi connectivity index (χ4n) is 5.50. The van der Waals surface area contributed by atoms with Crippen molar-refractivity contribution >= 4 is 5.91 Å². The number of carbonyl (C=O) groups is 1. The quantitative estimate of drug-likeness (QED) is 0.570. The molecule has 174 valence electrons. The van der Waals surface area contributed by atoms with Gasteiger partial charge in [0.2, 0.25) is 0 Å². The van der Waals surface area contributed by atoms with Crippen molar-refractivity contribution in [3.05, 3.63) is 42.6 Å². The molecule has 2 aliphatic rings. The Bertz CT molecular complexity index is 819. The summed E-state index contributed by atoms with van der Waals surface area (Å²) in [4.78, 5) is 24.1. The second-order valence-electron chi connectivity index (χ2n) is 9.76. The number of unbranched alkanes of at least 4 members (excludes halogenated alkanes) is 2. The van der Waals surface area contributed by atoms with Gasteiger partial charge in [-0.25, -0.2) is 9.97 Å². The molecule has 2 aromatic rings. The molecule has 6 nitrogen and oxygen atoms in total. The Morgan fingerprint density at radius 2 is 2.06 bits per heavy atom. The highest BCUT2D eigenvalue weighted by atomic mass is 16.1. The maximum Gasteiger partial charge on any atom is 0.253 e. The van der Waals surface area contributed by atoms with Gasteiger partial charge in [0.15, 0.2) is 0 Å². The summed E-state index contributed by atoms with van der Waals surface area (Å²) in [5.74, 6) is 2.20. The molecule has 0 radical (unpaired) electrons. The lowest BCUT2D eigenvalue weighted by molar-refractivity contribution is 0.0852. The van der Waals surface area contributed by atoms with Crippen LogP contribution < -0.4 is 5.32 Å². The molecule has 3 atom stereocenters. The Kier molecular flexibility index (Phi) is 8.32. The molecule has 1 saturated heterocycles. The zero-order chi connectivity index (χ0) is 22.2. The van der Waals surface area contributed by atoms with Crippen LogP contribution in [-0.2, 0) is 0 Å². The SMILES string of the molecule is CCCCCC1CCCN(CC2CCCCC2NC(=O)c2ccc(-n3ccnc3)nc2)C1. The molecule has 1 N–H and O–H groups in total. The van der Waals surface area contributed by atoms with Crippen LogP contribution in [0, 0.1) is 11.8 Å². The number of nitrogens with one attached hydrogen (secondary N) is 1. The molecule has 0 bridgehead atoms. The molecule has 2 aromatic heterocycles. The van der Waals surface area contributed by atoms with E-state index in [0.717, 1.165) is 24.7 Å². The topological polar surface area (TPSA) is 63.1 Å². The van der Waals surface area contributed by atoms with Crippen molar-refractivity contribution in [2.24, 2.45) is 11.8 Å². The monoisotopic (exact) mass is 437 g/mol. The van der Waals surface area contributed by atoms with Crippen molar-refractivity contribution in [3.8, 4) is 5.82 Å². The van der Waals surface area contributed by atoms with E-state index in [1.165, 1.54) is 70.9 Å². The first kappa shape index (κ1) is 23.0. The van der Waals surface area contributed by atoms with Gasteiger partial charge in [-0.15, -0.1) is 0 Å². The minimum absolute atomic E-state index is 0.00247. The summed E-state index contributed by atoms with van der Waals surface area (Å²) < 4.78 is 1.84. The molecule has 1 amide bonds. The molecule has 1 saturated carbocycles. The van der Waals surface area contributed by atoms with Crippen LogP contribution in [0.1, 0.15) is 81.5 Å². The fourth-order valence-corrected chi connectivity index (χ4v) is 5.50. The zero-order valence-corrected chi connectivity index (χ0v) is 19.6. The summed E-state index contributed by atoms with van der Waals surface area (Å²) in [6, 6.07) is 4.01. The number of hydrogen-bond donors (Lipinski definition) is 1. The van der Waals surface area contributed by atoms with Crippen molar-refractivity contribution in [1.29, 1.82) is 0 Å². The zero-order valence-electron chi connectivity index (χ0n) is 19.6. The van der Waals surface area contributed by atoms with E-state index in [0.29, 0.717) is 11.5 Å². The lowest BCUT2D eigenvalue weighted by atomic mass is 9.83. The second-order valence-corrected chi connectivity index (χ2v) is 9.76. The number of rotatable bonds is 9. The maximum absolute atomic E-state index is 13.0. The number of pyridine rings is 1. The largest absolute Gasteiger partial charge is 0.349 e. The molecular weight excluding hydrogens is 398 g/mol. The number of hydrogen-bond acceptors (Lipinski definition) is 4.